The molecule has 0 aliphatic carbocycles. The number of amides is 1. The van der Waals surface area contributed by atoms with Crippen LogP contribution in [-0.4, -0.2) is 19.2 Å². The van der Waals surface area contributed by atoms with Crippen molar-refractivity contribution < 1.29 is 9.53 Å². The van der Waals surface area contributed by atoms with Crippen molar-refractivity contribution in [3.05, 3.63) is 0 Å². The summed E-state index contributed by atoms with van der Waals surface area (Å²) < 4.78 is 4.49. The van der Waals surface area contributed by atoms with Crippen LogP contribution in [-0.2, 0) is 4.74 Å². The maximum absolute atomic E-state index is 10.0. The summed E-state index contributed by atoms with van der Waals surface area (Å²) in [4.78, 5) is 10.0. The average molecular weight is 146 g/mol. The fourth-order valence-electron chi connectivity index (χ4n) is 0.596. The van der Waals surface area contributed by atoms with E-state index in [4.69, 9.17) is 11.5 Å². The molecule has 0 atom stereocenters. The van der Waals surface area contributed by atoms with Gasteiger partial charge in [-0.25, -0.2) is 4.79 Å². The Morgan fingerprint density at radius 2 is 2.00 bits per heavy atom. The smallest absolute Gasteiger partial charge is 0.404 e. The van der Waals surface area contributed by atoms with E-state index in [1.54, 1.807) is 0 Å². The van der Waals surface area contributed by atoms with Crippen LogP contribution in [0.3, 0.4) is 0 Å². The van der Waals surface area contributed by atoms with Gasteiger partial charge in [0.15, 0.2) is 0 Å². The lowest BCUT2D eigenvalue weighted by atomic mass is 10.2. The van der Waals surface area contributed by atoms with Gasteiger partial charge in [0.2, 0.25) is 0 Å². The van der Waals surface area contributed by atoms with E-state index in [0.29, 0.717) is 13.2 Å². The van der Waals surface area contributed by atoms with Crippen LogP contribution in [0.5, 0.6) is 0 Å². The Balaban J connectivity index is 2.84. The van der Waals surface area contributed by atoms with Crippen LogP contribution < -0.4 is 11.5 Å². The van der Waals surface area contributed by atoms with Crippen LogP contribution in [0, 0.1) is 0 Å². The molecule has 0 aliphatic rings. The number of unbranched alkanes of at least 4 members (excludes halogenated alkanes) is 2. The highest BCUT2D eigenvalue weighted by Gasteiger charge is 1.91. The lowest BCUT2D eigenvalue weighted by Gasteiger charge is -1.99. The Morgan fingerprint density at radius 1 is 1.30 bits per heavy atom. The van der Waals surface area contributed by atoms with Crippen LogP contribution in [0.1, 0.15) is 19.3 Å². The molecule has 0 aliphatic heterocycles. The highest BCUT2D eigenvalue weighted by atomic mass is 16.5. The number of hydrogen-bond donors (Lipinski definition) is 2. The number of ether oxygens (including phenoxy) is 1. The van der Waals surface area contributed by atoms with E-state index in [-0.39, 0.29) is 0 Å². The Morgan fingerprint density at radius 3 is 2.50 bits per heavy atom. The lowest BCUT2D eigenvalue weighted by Crippen LogP contribution is -2.13. The van der Waals surface area contributed by atoms with Crippen molar-refractivity contribution in [2.24, 2.45) is 11.5 Å². The van der Waals surface area contributed by atoms with Gasteiger partial charge in [-0.3, -0.25) is 0 Å². The zero-order valence-electron chi connectivity index (χ0n) is 6.01. The van der Waals surface area contributed by atoms with Gasteiger partial charge in [0.25, 0.3) is 0 Å². The molecule has 10 heavy (non-hydrogen) atoms. The van der Waals surface area contributed by atoms with Crippen molar-refractivity contribution in [3.8, 4) is 0 Å². The standard InChI is InChI=1S/C6H14N2O2/c7-4-2-1-3-5-10-6(8)9/h1-5,7H2,(H2,8,9). The summed E-state index contributed by atoms with van der Waals surface area (Å²) in [6.45, 7) is 1.10. The molecule has 0 rings (SSSR count). The molecule has 0 aromatic heterocycles. The first-order valence-corrected chi connectivity index (χ1v) is 3.39. The second-order valence-electron chi connectivity index (χ2n) is 2.02. The SMILES string of the molecule is NCCCCCOC(N)=O. The highest BCUT2D eigenvalue weighted by Crippen LogP contribution is 1.93. The van der Waals surface area contributed by atoms with Crippen LogP contribution >= 0.6 is 0 Å². The van der Waals surface area contributed by atoms with Crippen molar-refractivity contribution in [2.45, 2.75) is 19.3 Å². The number of nitrogens with two attached hydrogens (primary N) is 2. The maximum Gasteiger partial charge on any atom is 0.404 e. The first-order chi connectivity index (χ1) is 4.77. The summed E-state index contributed by atoms with van der Waals surface area (Å²) in [5.41, 5.74) is 9.96. The molecule has 0 saturated heterocycles. The Kier molecular flexibility index (Phi) is 5.86. The normalized spacial score (nSPS) is 9.30. The molecular weight excluding hydrogens is 132 g/mol. The van der Waals surface area contributed by atoms with E-state index < -0.39 is 6.09 Å². The summed E-state index contributed by atoms with van der Waals surface area (Å²) in [7, 11) is 0. The van der Waals surface area contributed by atoms with E-state index >= 15 is 0 Å². The third-order valence-electron chi connectivity index (χ3n) is 1.09. The third kappa shape index (κ3) is 7.23. The number of carbonyl (C=O) groups excluding carboxylic acids is 1. The first kappa shape index (κ1) is 9.23. The molecule has 1 amide bonds. The summed E-state index contributed by atoms with van der Waals surface area (Å²) in [5, 5.41) is 0. The van der Waals surface area contributed by atoms with Gasteiger partial charge in [-0.15, -0.1) is 0 Å². The van der Waals surface area contributed by atoms with Gasteiger partial charge in [-0.2, -0.15) is 0 Å². The molecule has 0 spiro atoms. The van der Waals surface area contributed by atoms with E-state index in [1.165, 1.54) is 0 Å². The van der Waals surface area contributed by atoms with Gasteiger partial charge in [0, 0.05) is 0 Å². The summed E-state index contributed by atoms with van der Waals surface area (Å²) >= 11 is 0. The molecule has 0 unspecified atom stereocenters. The fraction of sp³-hybridized carbons (Fsp3) is 0.833. The largest absolute Gasteiger partial charge is 0.450 e. The molecule has 4 N–H and O–H groups in total. The van der Waals surface area contributed by atoms with Gasteiger partial charge in [0.1, 0.15) is 0 Å². The van der Waals surface area contributed by atoms with E-state index in [2.05, 4.69) is 4.74 Å². The molecule has 60 valence electrons. The molecule has 0 radical (unpaired) electrons. The number of carbonyl (C=O) groups is 1. The molecule has 0 bridgehead atoms. The number of rotatable bonds is 5. The highest BCUT2D eigenvalue weighted by molar-refractivity contribution is 5.64. The molecule has 4 heteroatoms. The second kappa shape index (κ2) is 6.35. The van der Waals surface area contributed by atoms with Gasteiger partial charge in [-0.05, 0) is 25.8 Å². The molecule has 0 saturated carbocycles. The van der Waals surface area contributed by atoms with Crippen molar-refractivity contribution in [1.82, 2.24) is 0 Å². The van der Waals surface area contributed by atoms with Gasteiger partial charge >= 0.3 is 6.09 Å². The minimum Gasteiger partial charge on any atom is -0.450 e. The lowest BCUT2D eigenvalue weighted by molar-refractivity contribution is 0.154. The zero-order valence-corrected chi connectivity index (χ0v) is 6.01. The van der Waals surface area contributed by atoms with Crippen molar-refractivity contribution in [2.75, 3.05) is 13.2 Å². The Labute approximate surface area is 60.5 Å². The third-order valence-corrected chi connectivity index (χ3v) is 1.09. The minimum absolute atomic E-state index is 0.412. The van der Waals surface area contributed by atoms with E-state index in [9.17, 15) is 4.79 Å². The average Bonchev–Trinajstić information content (AvgIpc) is 1.87. The minimum atomic E-state index is -0.701. The number of primary amides is 1. The number of hydrogen-bond acceptors (Lipinski definition) is 3. The van der Waals surface area contributed by atoms with Gasteiger partial charge in [-0.1, -0.05) is 0 Å². The molecule has 4 nitrogen and oxygen atoms in total. The topological polar surface area (TPSA) is 78.3 Å². The first-order valence-electron chi connectivity index (χ1n) is 3.39. The Hall–Kier alpha value is -0.770. The van der Waals surface area contributed by atoms with Crippen LogP contribution in [0.15, 0.2) is 0 Å². The summed E-state index contributed by atoms with van der Waals surface area (Å²) in [6, 6.07) is 0. The molecular formula is C6H14N2O2. The molecule has 0 aromatic carbocycles. The zero-order chi connectivity index (χ0) is 7.82. The van der Waals surface area contributed by atoms with E-state index in [1.807, 2.05) is 0 Å². The van der Waals surface area contributed by atoms with Crippen LogP contribution in [0.4, 0.5) is 4.79 Å². The van der Waals surface area contributed by atoms with Crippen molar-refractivity contribution in [3.63, 3.8) is 0 Å². The van der Waals surface area contributed by atoms with Crippen LogP contribution in [0.25, 0.3) is 0 Å². The predicted molar refractivity (Wildman–Crippen MR) is 38.4 cm³/mol. The predicted octanol–water partition coefficient (Wildman–Crippen LogP) is 0.211. The van der Waals surface area contributed by atoms with Crippen molar-refractivity contribution in [1.29, 1.82) is 0 Å². The quantitative estimate of drug-likeness (QED) is 0.544. The summed E-state index contributed by atoms with van der Waals surface area (Å²) in [5.74, 6) is 0. The van der Waals surface area contributed by atoms with Gasteiger partial charge < -0.3 is 16.2 Å². The maximum atomic E-state index is 10.0. The van der Waals surface area contributed by atoms with Crippen molar-refractivity contribution >= 4 is 6.09 Å². The van der Waals surface area contributed by atoms with Crippen LogP contribution in [0.2, 0.25) is 0 Å². The molecule has 0 aromatic rings. The monoisotopic (exact) mass is 146 g/mol. The van der Waals surface area contributed by atoms with Gasteiger partial charge in [0.05, 0.1) is 6.61 Å². The fourth-order valence-corrected chi connectivity index (χ4v) is 0.596. The molecule has 0 heterocycles. The second-order valence-corrected chi connectivity index (χ2v) is 2.02. The van der Waals surface area contributed by atoms with E-state index in [0.717, 1.165) is 19.3 Å². The summed E-state index contributed by atoms with van der Waals surface area (Å²) in [6.07, 6.45) is 2.11. The Bertz CT molecular complexity index is 95.7. The molecule has 0 fully saturated rings.